The van der Waals surface area contributed by atoms with Crippen LogP contribution in [0, 0.1) is 10.2 Å². The Labute approximate surface area is 438 Å². The predicted octanol–water partition coefficient (Wildman–Crippen LogP) is 2.18. The van der Waals surface area contributed by atoms with E-state index in [2.05, 4.69) is 88.4 Å². The molecule has 0 radical (unpaired) electrons. The van der Waals surface area contributed by atoms with Gasteiger partial charge in [0, 0.05) is 69.1 Å². The van der Waals surface area contributed by atoms with Crippen molar-refractivity contribution in [3.8, 4) is 22.9 Å². The van der Waals surface area contributed by atoms with Gasteiger partial charge in [-0.15, -0.1) is 10.2 Å². The molecule has 74 heavy (non-hydrogen) atoms. The molecular formula is C54H55B2BrClN6O10+. The van der Waals surface area contributed by atoms with E-state index in [4.69, 9.17) is 53.2 Å². The molecule has 2 heterocycles. The van der Waals surface area contributed by atoms with Crippen LogP contribution in [0.4, 0.5) is 11.4 Å². The van der Waals surface area contributed by atoms with Crippen LogP contribution in [0.1, 0.15) is 38.8 Å². The van der Waals surface area contributed by atoms with Gasteiger partial charge in [-0.25, -0.2) is 37.8 Å². The second-order valence-corrected chi connectivity index (χ2v) is 18.1. The van der Waals surface area contributed by atoms with Gasteiger partial charge in [-0.2, -0.15) is 0 Å². The van der Waals surface area contributed by atoms with E-state index in [1.165, 1.54) is 0 Å². The largest absolute Gasteiger partial charge is 0.488 e. The van der Waals surface area contributed by atoms with Gasteiger partial charge in [0.05, 0.1) is 12.1 Å². The Morgan fingerprint density at radius 1 is 0.554 bits per heavy atom. The highest BCUT2D eigenvalue weighted by Gasteiger charge is 2.19. The maximum Gasteiger partial charge on any atom is 0.488 e. The first-order valence-corrected chi connectivity index (χ1v) is 26.1. The molecule has 10 rings (SSSR count). The molecule has 0 amide bonds. The van der Waals surface area contributed by atoms with Crippen LogP contribution in [0.2, 0.25) is 0 Å². The Hall–Kier alpha value is -6.74. The van der Waals surface area contributed by atoms with Crippen LogP contribution in [-0.4, -0.2) is 70.5 Å². The highest BCUT2D eigenvalue weighted by Crippen LogP contribution is 2.35. The summed E-state index contributed by atoms with van der Waals surface area (Å²) < 4.78 is 51.1. The lowest BCUT2D eigenvalue weighted by Crippen LogP contribution is -2.68. The van der Waals surface area contributed by atoms with E-state index in [1.54, 1.807) is 24.3 Å². The quantitative estimate of drug-likeness (QED) is 0.0287. The van der Waals surface area contributed by atoms with E-state index in [0.29, 0.717) is 34.1 Å². The second-order valence-electron chi connectivity index (χ2n) is 16.8. The number of nitrogens with zero attached hydrogens (tertiary/aromatic N) is 4. The number of benzene rings is 8. The molecule has 0 bridgehead atoms. The van der Waals surface area contributed by atoms with Crippen LogP contribution < -0.4 is 60.5 Å². The van der Waals surface area contributed by atoms with E-state index in [1.807, 2.05) is 91.0 Å². The summed E-state index contributed by atoms with van der Waals surface area (Å²) in [5.41, 5.74) is 15.3. The highest BCUT2D eigenvalue weighted by molar-refractivity contribution is 9.08. The Balaban J connectivity index is 0.000000172. The fraction of sp³-hybridized carbons (Fsp3) is 0.185. The molecule has 0 spiro atoms. The fourth-order valence-corrected chi connectivity index (χ4v) is 9.19. The zero-order valence-corrected chi connectivity index (χ0v) is 43.5. The molecule has 0 atom stereocenters. The summed E-state index contributed by atoms with van der Waals surface area (Å²) >= 11 is 3.25. The minimum atomic E-state index is -4.94. The van der Waals surface area contributed by atoms with Gasteiger partial charge in [0.25, 0.3) is 0 Å². The maximum absolute atomic E-state index is 9.71. The zero-order valence-electron chi connectivity index (χ0n) is 41.1. The number of halogens is 2. The highest BCUT2D eigenvalue weighted by atomic mass is 79.9. The third-order valence-corrected chi connectivity index (χ3v) is 12.9. The first-order chi connectivity index (χ1) is 35.5. The van der Waals surface area contributed by atoms with Crippen LogP contribution >= 0.6 is 15.9 Å². The number of hydrogen-bond acceptors (Lipinski definition) is 14. The molecular weight excluding hydrogens is 1030 g/mol. The number of hydrogen-bond donors (Lipinski definition) is 6. The molecule has 0 saturated heterocycles. The Kier molecular flexibility index (Phi) is 18.6. The molecule has 20 heteroatoms. The molecule has 2 aliphatic carbocycles. The lowest BCUT2D eigenvalue weighted by Gasteiger charge is -2.17. The van der Waals surface area contributed by atoms with Crippen LogP contribution in [0.15, 0.2) is 154 Å². The monoisotopic (exact) mass is 1080 g/mol. The van der Waals surface area contributed by atoms with Crippen molar-refractivity contribution in [3.63, 3.8) is 0 Å². The van der Waals surface area contributed by atoms with Crippen molar-refractivity contribution < 1.29 is 57.8 Å². The van der Waals surface area contributed by atoms with Crippen LogP contribution in [-0.2, 0) is 11.9 Å². The number of fused-ring (bicyclic) bond motifs is 8. The predicted molar refractivity (Wildman–Crippen MR) is 286 cm³/mol. The average molecular weight is 1090 g/mol. The summed E-state index contributed by atoms with van der Waals surface area (Å²) in [6.07, 6.45) is 0. The number of alkyl halides is 1. The molecule has 0 unspecified atom stereocenters. The summed E-state index contributed by atoms with van der Waals surface area (Å²) in [4.78, 5) is 9.78. The Bertz CT molecular complexity index is 3610. The minimum Gasteiger partial charge on any atom is -0.452 e. The SMILES string of the molecule is CC[N+](CC)=c1ccc2nc3c(cc(N)c4ccccc43)oc-2c1.CC[N+](CC)=c1ccc2nc3c(cc(NCc4ccccc4B(O)O)c4ccccc43)oc-2c1.OB(O)c1ccccc1CBr.[O-][Cl+3]([O-])([O-])[O-]. The summed E-state index contributed by atoms with van der Waals surface area (Å²) in [6, 6.07) is 46.8. The number of aromatic nitrogens is 2. The van der Waals surface area contributed by atoms with Gasteiger partial charge in [-0.3, -0.25) is 0 Å². The standard InChI is InChI=1S/C27H26BN3O3.C20H19N3O.C7H8BBrO2.ClHO4/c1-3-31(4-2)19-13-14-23-25(15-19)34-26-16-24(20-10-6-7-11-21(20)27(26)30-23)29-17-18-9-5-8-12-22(18)28(32)33;1-3-23(4-2)13-9-10-17-18(11-13)24-19-12-16(21)14-7-5-6-8-15(14)20(19)22-17;9-5-6-3-1-2-4-7(6)8(10)11;2-1(3,4)5/h5-16,32-33H,3-4,17H2,1-2H3;5-12,21H,3-4H2,1-2H3;1-4,10-11H,5H2;(H,2,3,4,5)/p+1. The van der Waals surface area contributed by atoms with Crippen molar-refractivity contribution in [2.24, 2.45) is 0 Å². The first-order valence-electron chi connectivity index (χ1n) is 23.8. The summed E-state index contributed by atoms with van der Waals surface area (Å²) in [5.74, 6) is 1.52. The number of nitrogens with one attached hydrogen (secondary N) is 1. The van der Waals surface area contributed by atoms with E-state index in [0.717, 1.165) is 115 Å². The lowest BCUT2D eigenvalue weighted by atomic mass is 9.77. The van der Waals surface area contributed by atoms with Gasteiger partial charge < -0.3 is 40.0 Å². The third kappa shape index (κ3) is 13.3. The molecule has 0 saturated carbocycles. The zero-order chi connectivity index (χ0) is 53.1. The normalized spacial score (nSPS) is 11.1. The van der Waals surface area contributed by atoms with Crippen molar-refractivity contribution >= 4 is 96.2 Å². The third-order valence-electron chi connectivity index (χ3n) is 12.3. The van der Waals surface area contributed by atoms with Gasteiger partial charge in [0.2, 0.25) is 10.7 Å². The average Bonchev–Trinajstić information content (AvgIpc) is 3.40. The topological polar surface area (TPSA) is 269 Å². The van der Waals surface area contributed by atoms with Crippen molar-refractivity contribution in [1.29, 1.82) is 0 Å². The lowest BCUT2D eigenvalue weighted by molar-refractivity contribution is -2.00. The van der Waals surface area contributed by atoms with Gasteiger partial charge in [-0.1, -0.05) is 113 Å². The minimum absolute atomic E-state index is 0.441. The number of anilines is 2. The molecule has 4 aliphatic rings. The van der Waals surface area contributed by atoms with E-state index < -0.39 is 24.5 Å². The Morgan fingerprint density at radius 2 is 0.959 bits per heavy atom. The van der Waals surface area contributed by atoms with Crippen LogP contribution in [0.3, 0.4) is 0 Å². The van der Waals surface area contributed by atoms with E-state index >= 15 is 0 Å². The molecule has 0 aromatic heterocycles. The molecule has 6 aromatic rings. The van der Waals surface area contributed by atoms with Crippen molar-refractivity contribution in [1.82, 2.24) is 19.1 Å². The van der Waals surface area contributed by atoms with Crippen molar-refractivity contribution in [2.45, 2.75) is 39.6 Å². The van der Waals surface area contributed by atoms with Gasteiger partial charge in [-0.05, 0) is 61.9 Å². The molecule has 6 aromatic carbocycles. The maximum atomic E-state index is 9.71. The van der Waals surface area contributed by atoms with Gasteiger partial charge in [0.1, 0.15) is 48.6 Å². The summed E-state index contributed by atoms with van der Waals surface area (Å²) in [5, 5.41) is 47.6. The Morgan fingerprint density at radius 3 is 1.42 bits per heavy atom. The second kappa shape index (κ2) is 25.0. The molecule has 7 N–H and O–H groups in total. The summed E-state index contributed by atoms with van der Waals surface area (Å²) in [7, 11) is -7.83. The van der Waals surface area contributed by atoms with Crippen LogP contribution in [0.5, 0.6) is 0 Å². The number of nitrogen functional groups attached to an aromatic ring is 1. The van der Waals surface area contributed by atoms with Gasteiger partial charge in [0.15, 0.2) is 22.7 Å². The fourth-order valence-electron chi connectivity index (χ4n) is 8.68. The van der Waals surface area contributed by atoms with Crippen molar-refractivity contribution in [3.05, 3.63) is 167 Å². The van der Waals surface area contributed by atoms with E-state index in [-0.39, 0.29) is 0 Å². The van der Waals surface area contributed by atoms with Gasteiger partial charge >= 0.3 is 14.2 Å². The smallest absolute Gasteiger partial charge is 0.452 e. The molecule has 380 valence electrons. The molecule has 2 aliphatic heterocycles. The number of nitrogens with two attached hydrogens (primary N) is 1. The number of rotatable bonds is 10. The molecule has 16 nitrogen and oxygen atoms in total. The first kappa shape index (κ1) is 55.0. The molecule has 0 fully saturated rings. The van der Waals surface area contributed by atoms with Crippen LogP contribution in [0.25, 0.3) is 66.7 Å². The summed E-state index contributed by atoms with van der Waals surface area (Å²) in [6.45, 7) is 12.8. The van der Waals surface area contributed by atoms with Crippen molar-refractivity contribution in [2.75, 3.05) is 37.2 Å². The van der Waals surface area contributed by atoms with E-state index in [9.17, 15) is 10.0 Å².